The van der Waals surface area contributed by atoms with E-state index in [-0.39, 0.29) is 11.3 Å². The van der Waals surface area contributed by atoms with Crippen molar-refractivity contribution in [3.8, 4) is 0 Å². The van der Waals surface area contributed by atoms with Crippen LogP contribution in [0.5, 0.6) is 0 Å². The van der Waals surface area contributed by atoms with Crippen molar-refractivity contribution in [1.82, 2.24) is 4.90 Å². The van der Waals surface area contributed by atoms with Crippen molar-refractivity contribution >= 4 is 5.91 Å². The topological polar surface area (TPSA) is 46.3 Å². The van der Waals surface area contributed by atoms with Crippen molar-refractivity contribution < 1.29 is 4.79 Å². The number of rotatable bonds is 3. The van der Waals surface area contributed by atoms with Gasteiger partial charge in [0.05, 0.1) is 6.04 Å². The monoisotopic (exact) mass is 274 g/mol. The summed E-state index contributed by atoms with van der Waals surface area (Å²) in [4.78, 5) is 14.3. The Morgan fingerprint density at radius 1 is 1.35 bits per heavy atom. The number of hydrogen-bond acceptors (Lipinski definition) is 2. The number of amides is 1. The Bertz CT molecular complexity index is 450. The second-order valence-corrected chi connectivity index (χ2v) is 6.97. The van der Waals surface area contributed by atoms with E-state index in [1.807, 2.05) is 31.7 Å². The summed E-state index contributed by atoms with van der Waals surface area (Å²) in [6.07, 6.45) is 2.13. The molecule has 20 heavy (non-hydrogen) atoms. The van der Waals surface area contributed by atoms with E-state index in [0.29, 0.717) is 5.92 Å². The fourth-order valence-corrected chi connectivity index (χ4v) is 2.71. The largest absolute Gasteiger partial charge is 0.341 e. The van der Waals surface area contributed by atoms with Gasteiger partial charge in [-0.05, 0) is 29.7 Å². The maximum atomic E-state index is 12.4. The summed E-state index contributed by atoms with van der Waals surface area (Å²) in [5.74, 6) is 0.668. The fourth-order valence-electron chi connectivity index (χ4n) is 2.71. The summed E-state index contributed by atoms with van der Waals surface area (Å²) in [5, 5.41) is 0. The Balaban J connectivity index is 1.91. The van der Waals surface area contributed by atoms with Gasteiger partial charge in [0, 0.05) is 13.1 Å². The summed E-state index contributed by atoms with van der Waals surface area (Å²) in [5.41, 5.74) is 7.26. The molecule has 0 spiro atoms. The van der Waals surface area contributed by atoms with E-state index >= 15 is 0 Å². The predicted molar refractivity (Wildman–Crippen MR) is 82.3 cm³/mol. The highest BCUT2D eigenvalue weighted by Gasteiger charge is 2.34. The van der Waals surface area contributed by atoms with Crippen LogP contribution in [0.2, 0.25) is 0 Å². The molecule has 0 aromatic heterocycles. The molecule has 1 aliphatic rings. The van der Waals surface area contributed by atoms with Gasteiger partial charge in [-0.15, -0.1) is 0 Å². The molecule has 0 radical (unpaired) electrons. The molecule has 1 heterocycles. The second-order valence-electron chi connectivity index (χ2n) is 6.97. The minimum absolute atomic E-state index is 0.105. The first kappa shape index (κ1) is 15.0. The summed E-state index contributed by atoms with van der Waals surface area (Å²) in [6, 6.07) is 10.1. The number of nitrogens with two attached hydrogens (primary N) is 1. The molecule has 2 atom stereocenters. The van der Waals surface area contributed by atoms with Crippen molar-refractivity contribution in [3.05, 3.63) is 35.9 Å². The van der Waals surface area contributed by atoms with Crippen LogP contribution in [0.25, 0.3) is 0 Å². The lowest BCUT2D eigenvalue weighted by atomic mass is 9.86. The van der Waals surface area contributed by atoms with Crippen molar-refractivity contribution in [1.29, 1.82) is 0 Å². The third-order valence-electron chi connectivity index (χ3n) is 4.16. The average Bonchev–Trinajstić information content (AvgIpc) is 2.85. The Kier molecular flexibility index (Phi) is 4.48. The molecule has 3 nitrogen and oxygen atoms in total. The highest BCUT2D eigenvalue weighted by Crippen LogP contribution is 2.25. The van der Waals surface area contributed by atoms with Crippen LogP contribution in [0, 0.1) is 11.3 Å². The molecule has 1 amide bonds. The summed E-state index contributed by atoms with van der Waals surface area (Å²) in [7, 11) is 0. The number of benzene rings is 1. The molecule has 1 saturated heterocycles. The molecule has 0 aliphatic carbocycles. The molecular formula is C17H26N2O. The first-order valence-electron chi connectivity index (χ1n) is 7.46. The van der Waals surface area contributed by atoms with Gasteiger partial charge in [-0.1, -0.05) is 51.1 Å². The third kappa shape index (κ3) is 3.60. The molecule has 0 saturated carbocycles. The quantitative estimate of drug-likeness (QED) is 0.920. The standard InChI is InChI=1S/C17H26N2O/c1-17(2,3)15(18)16(20)19-10-9-14(12-19)11-13-7-5-4-6-8-13/h4-8,14-15H,9-12,18H2,1-3H3/t14?,15-/m1/s1. The van der Waals surface area contributed by atoms with Gasteiger partial charge in [-0.3, -0.25) is 4.79 Å². The summed E-state index contributed by atoms with van der Waals surface area (Å²) >= 11 is 0. The van der Waals surface area contributed by atoms with Crippen LogP contribution >= 0.6 is 0 Å². The van der Waals surface area contributed by atoms with Gasteiger partial charge < -0.3 is 10.6 Å². The van der Waals surface area contributed by atoms with Gasteiger partial charge in [0.15, 0.2) is 0 Å². The molecule has 110 valence electrons. The van der Waals surface area contributed by atoms with Crippen LogP contribution in [-0.2, 0) is 11.2 Å². The number of hydrogen-bond donors (Lipinski definition) is 1. The van der Waals surface area contributed by atoms with Gasteiger partial charge in [0.25, 0.3) is 0 Å². The van der Waals surface area contributed by atoms with Gasteiger partial charge in [0.1, 0.15) is 0 Å². The number of carbonyl (C=O) groups is 1. The van der Waals surface area contributed by atoms with Crippen molar-refractivity contribution in [2.75, 3.05) is 13.1 Å². The lowest BCUT2D eigenvalue weighted by Crippen LogP contribution is -2.49. The van der Waals surface area contributed by atoms with E-state index in [4.69, 9.17) is 5.73 Å². The molecular weight excluding hydrogens is 248 g/mol. The van der Waals surface area contributed by atoms with Crippen molar-refractivity contribution in [2.45, 2.75) is 39.7 Å². The van der Waals surface area contributed by atoms with E-state index < -0.39 is 6.04 Å². The minimum atomic E-state index is -0.405. The van der Waals surface area contributed by atoms with Crippen LogP contribution in [-0.4, -0.2) is 29.9 Å². The van der Waals surface area contributed by atoms with Gasteiger partial charge in [-0.2, -0.15) is 0 Å². The summed E-state index contributed by atoms with van der Waals surface area (Å²) in [6.45, 7) is 7.75. The predicted octanol–water partition coefficient (Wildman–Crippen LogP) is 2.45. The molecule has 3 heteroatoms. The van der Waals surface area contributed by atoms with Gasteiger partial charge in [0.2, 0.25) is 5.91 Å². The molecule has 1 fully saturated rings. The zero-order valence-corrected chi connectivity index (χ0v) is 12.8. The van der Waals surface area contributed by atoms with Crippen LogP contribution in [0.3, 0.4) is 0 Å². The first-order valence-corrected chi connectivity index (χ1v) is 7.46. The molecule has 0 bridgehead atoms. The normalized spacial score (nSPS) is 21.0. The number of nitrogens with zero attached hydrogens (tertiary/aromatic N) is 1. The highest BCUT2D eigenvalue weighted by atomic mass is 16.2. The first-order chi connectivity index (χ1) is 9.38. The summed E-state index contributed by atoms with van der Waals surface area (Å²) < 4.78 is 0. The zero-order valence-electron chi connectivity index (χ0n) is 12.8. The van der Waals surface area contributed by atoms with Crippen molar-refractivity contribution in [2.24, 2.45) is 17.1 Å². The van der Waals surface area contributed by atoms with Crippen LogP contribution in [0.4, 0.5) is 0 Å². The molecule has 2 N–H and O–H groups in total. The van der Waals surface area contributed by atoms with E-state index in [1.165, 1.54) is 5.56 Å². The Morgan fingerprint density at radius 2 is 2.00 bits per heavy atom. The Morgan fingerprint density at radius 3 is 2.60 bits per heavy atom. The maximum absolute atomic E-state index is 12.4. The molecule has 1 unspecified atom stereocenters. The Hall–Kier alpha value is -1.35. The maximum Gasteiger partial charge on any atom is 0.240 e. The van der Waals surface area contributed by atoms with Crippen LogP contribution < -0.4 is 5.73 Å². The SMILES string of the molecule is CC(C)(C)[C@H](N)C(=O)N1CCC(Cc2ccccc2)C1. The minimum Gasteiger partial charge on any atom is -0.341 e. The van der Waals surface area contributed by atoms with Gasteiger partial charge in [-0.25, -0.2) is 0 Å². The van der Waals surface area contributed by atoms with E-state index in [9.17, 15) is 4.79 Å². The third-order valence-corrected chi connectivity index (χ3v) is 4.16. The molecule has 1 aliphatic heterocycles. The fraction of sp³-hybridized carbons (Fsp3) is 0.588. The number of likely N-dealkylation sites (tertiary alicyclic amines) is 1. The molecule has 2 rings (SSSR count). The number of carbonyl (C=O) groups excluding carboxylic acids is 1. The van der Waals surface area contributed by atoms with Crippen molar-refractivity contribution in [3.63, 3.8) is 0 Å². The highest BCUT2D eigenvalue weighted by molar-refractivity contribution is 5.82. The van der Waals surface area contributed by atoms with E-state index in [1.54, 1.807) is 0 Å². The second kappa shape index (κ2) is 5.96. The lowest BCUT2D eigenvalue weighted by molar-refractivity contribution is -0.134. The average molecular weight is 274 g/mol. The van der Waals surface area contributed by atoms with E-state index in [0.717, 1.165) is 25.9 Å². The zero-order chi connectivity index (χ0) is 14.8. The lowest BCUT2D eigenvalue weighted by Gasteiger charge is -2.30. The van der Waals surface area contributed by atoms with Gasteiger partial charge >= 0.3 is 0 Å². The smallest absolute Gasteiger partial charge is 0.240 e. The molecule has 1 aromatic rings. The van der Waals surface area contributed by atoms with E-state index in [2.05, 4.69) is 24.3 Å². The van der Waals surface area contributed by atoms with Crippen LogP contribution in [0.1, 0.15) is 32.8 Å². The molecule has 1 aromatic carbocycles. The van der Waals surface area contributed by atoms with Crippen LogP contribution in [0.15, 0.2) is 30.3 Å². The Labute approximate surface area is 122 Å².